The van der Waals surface area contributed by atoms with Crippen molar-refractivity contribution in [3.8, 4) is 6.07 Å². The summed E-state index contributed by atoms with van der Waals surface area (Å²) >= 11 is 1.53. The molecule has 1 aromatic rings. The maximum absolute atomic E-state index is 11.4. The van der Waals surface area contributed by atoms with Gasteiger partial charge in [-0.1, -0.05) is 25.1 Å². The van der Waals surface area contributed by atoms with Crippen LogP contribution in [-0.4, -0.2) is 20.5 Å². The smallest absolute Gasteiger partial charge is 0.270 e. The van der Waals surface area contributed by atoms with Gasteiger partial charge in [0.1, 0.15) is 0 Å². The fraction of sp³-hybridized carbons (Fsp3) is 0.700. The number of nitrogens with zero attached hydrogens (tertiary/aromatic N) is 3. The predicted octanol–water partition coefficient (Wildman–Crippen LogP) is 1.77. The maximum Gasteiger partial charge on any atom is 0.343 e. The lowest BCUT2D eigenvalue weighted by molar-refractivity contribution is 0.573. The van der Waals surface area contributed by atoms with Crippen LogP contribution in [-0.2, 0) is 6.54 Å². The lowest BCUT2D eigenvalue weighted by Gasteiger charge is -2.03. The van der Waals surface area contributed by atoms with E-state index in [1.807, 2.05) is 0 Å². The number of hydrogen-bond donors (Lipinski definition) is 1. The Labute approximate surface area is 98.9 Å². The molecule has 0 aliphatic rings. The van der Waals surface area contributed by atoms with Gasteiger partial charge in [0.25, 0.3) is 0 Å². The molecule has 0 aliphatic heterocycles. The fourth-order valence-corrected chi connectivity index (χ4v) is 2.15. The summed E-state index contributed by atoms with van der Waals surface area (Å²) in [6.07, 6.45) is 3.41. The average molecular weight is 240 g/mol. The van der Waals surface area contributed by atoms with Crippen LogP contribution < -0.4 is 5.69 Å². The molecule has 0 spiro atoms. The maximum atomic E-state index is 11.4. The van der Waals surface area contributed by atoms with Crippen LogP contribution in [0.25, 0.3) is 0 Å². The predicted molar refractivity (Wildman–Crippen MR) is 63.3 cm³/mol. The summed E-state index contributed by atoms with van der Waals surface area (Å²) in [7, 11) is 0. The number of thioether (sulfide) groups is 1. The molecule has 0 saturated carbocycles. The molecule has 1 rings (SSSR count). The molecule has 0 aromatic carbocycles. The summed E-state index contributed by atoms with van der Waals surface area (Å²) in [6, 6.07) is 2.10. The zero-order chi connectivity index (χ0) is 11.8. The van der Waals surface area contributed by atoms with E-state index in [0.717, 1.165) is 30.2 Å². The number of unbranched alkanes of at least 4 members (excludes halogenated alkanes) is 2. The number of rotatable bonds is 7. The molecule has 0 aliphatic carbocycles. The van der Waals surface area contributed by atoms with Gasteiger partial charge in [0, 0.05) is 18.7 Å². The summed E-state index contributed by atoms with van der Waals surface area (Å²) < 4.78 is 1.67. The Morgan fingerprint density at radius 1 is 1.56 bits per heavy atom. The molecule has 16 heavy (non-hydrogen) atoms. The molecule has 0 amide bonds. The number of nitriles is 1. The lowest BCUT2D eigenvalue weighted by atomic mass is 10.3. The van der Waals surface area contributed by atoms with Crippen molar-refractivity contribution >= 4 is 11.8 Å². The van der Waals surface area contributed by atoms with Crippen molar-refractivity contribution in [2.24, 2.45) is 0 Å². The Balaban J connectivity index is 2.52. The minimum absolute atomic E-state index is 0.142. The van der Waals surface area contributed by atoms with Gasteiger partial charge < -0.3 is 0 Å². The fourth-order valence-electron chi connectivity index (χ4n) is 1.24. The van der Waals surface area contributed by atoms with Crippen LogP contribution in [0.2, 0.25) is 0 Å². The molecule has 0 fully saturated rings. The Kier molecular flexibility index (Phi) is 5.72. The second-order valence-electron chi connectivity index (χ2n) is 3.43. The Morgan fingerprint density at radius 3 is 3.06 bits per heavy atom. The van der Waals surface area contributed by atoms with Crippen molar-refractivity contribution in [1.82, 2.24) is 14.8 Å². The first-order chi connectivity index (χ1) is 7.79. The highest BCUT2D eigenvalue weighted by Gasteiger charge is 2.07. The third kappa shape index (κ3) is 3.74. The summed E-state index contributed by atoms with van der Waals surface area (Å²) in [5.74, 6) is 0.823. The Morgan fingerprint density at radius 2 is 2.38 bits per heavy atom. The highest BCUT2D eigenvalue weighted by Crippen LogP contribution is 2.15. The van der Waals surface area contributed by atoms with Gasteiger partial charge in [-0.05, 0) is 12.8 Å². The third-order valence-electron chi connectivity index (χ3n) is 2.12. The molecule has 0 bridgehead atoms. The largest absolute Gasteiger partial charge is 0.343 e. The molecule has 0 radical (unpaired) electrons. The van der Waals surface area contributed by atoms with E-state index in [-0.39, 0.29) is 5.69 Å². The van der Waals surface area contributed by atoms with Crippen LogP contribution in [0.4, 0.5) is 0 Å². The quantitative estimate of drug-likeness (QED) is 0.582. The normalized spacial score (nSPS) is 10.2. The van der Waals surface area contributed by atoms with E-state index in [1.165, 1.54) is 11.8 Å². The summed E-state index contributed by atoms with van der Waals surface area (Å²) in [6.45, 7) is 2.80. The Hall–Kier alpha value is -1.22. The number of hydrogen-bond acceptors (Lipinski definition) is 4. The minimum atomic E-state index is -0.142. The molecule has 0 atom stereocenters. The molecule has 5 nitrogen and oxygen atoms in total. The molecule has 6 heteroatoms. The van der Waals surface area contributed by atoms with E-state index in [9.17, 15) is 4.79 Å². The molecular weight excluding hydrogens is 224 g/mol. The molecule has 1 N–H and O–H groups in total. The zero-order valence-electron chi connectivity index (χ0n) is 9.40. The van der Waals surface area contributed by atoms with Crippen molar-refractivity contribution in [1.29, 1.82) is 5.26 Å². The van der Waals surface area contributed by atoms with Crippen molar-refractivity contribution in [2.45, 2.75) is 44.3 Å². The van der Waals surface area contributed by atoms with Crippen molar-refractivity contribution < 1.29 is 0 Å². The summed E-state index contributed by atoms with van der Waals surface area (Å²) in [4.78, 5) is 11.4. The molecule has 1 heterocycles. The molecule has 1 aromatic heterocycles. The minimum Gasteiger partial charge on any atom is -0.270 e. The molecule has 88 valence electrons. The monoisotopic (exact) mass is 240 g/mol. The topological polar surface area (TPSA) is 74.5 Å². The van der Waals surface area contributed by atoms with E-state index >= 15 is 0 Å². The Bertz CT molecular complexity index is 404. The van der Waals surface area contributed by atoms with E-state index in [2.05, 4.69) is 23.2 Å². The first-order valence-electron chi connectivity index (χ1n) is 5.44. The third-order valence-corrected chi connectivity index (χ3v) is 3.19. The first kappa shape index (κ1) is 12.8. The summed E-state index contributed by atoms with van der Waals surface area (Å²) in [5, 5.41) is 15.6. The number of nitrogens with one attached hydrogen (secondary N) is 1. The average Bonchev–Trinajstić information content (AvgIpc) is 2.63. The van der Waals surface area contributed by atoms with Gasteiger partial charge in [-0.25, -0.2) is 9.89 Å². The van der Waals surface area contributed by atoms with Gasteiger partial charge >= 0.3 is 5.69 Å². The summed E-state index contributed by atoms with van der Waals surface area (Å²) in [5.41, 5.74) is -0.142. The van der Waals surface area contributed by atoms with Crippen LogP contribution in [0.1, 0.15) is 32.6 Å². The van der Waals surface area contributed by atoms with E-state index in [1.54, 1.807) is 4.57 Å². The van der Waals surface area contributed by atoms with Gasteiger partial charge in [-0.2, -0.15) is 5.26 Å². The van der Waals surface area contributed by atoms with Crippen LogP contribution >= 0.6 is 11.8 Å². The number of H-pyrrole nitrogens is 1. The van der Waals surface area contributed by atoms with Gasteiger partial charge in [0.2, 0.25) is 0 Å². The van der Waals surface area contributed by atoms with E-state index < -0.39 is 0 Å². The van der Waals surface area contributed by atoms with Crippen molar-refractivity contribution in [2.75, 3.05) is 5.75 Å². The van der Waals surface area contributed by atoms with Crippen LogP contribution in [0, 0.1) is 11.3 Å². The highest BCUT2D eigenvalue weighted by atomic mass is 32.2. The van der Waals surface area contributed by atoms with Crippen LogP contribution in [0.3, 0.4) is 0 Å². The van der Waals surface area contributed by atoms with Gasteiger partial charge in [-0.15, -0.1) is 5.10 Å². The van der Waals surface area contributed by atoms with E-state index in [0.29, 0.717) is 13.0 Å². The molecule has 0 saturated heterocycles. The molecule has 0 unspecified atom stereocenters. The highest BCUT2D eigenvalue weighted by molar-refractivity contribution is 7.99. The SMILES string of the molecule is CCCCn1c(SCCCC#N)n[nH]c1=O. The second kappa shape index (κ2) is 7.12. The standard InChI is InChI=1S/C10H16N4OS/c1-2-3-7-14-9(15)12-13-10(14)16-8-5-4-6-11/h2-5,7-8H2,1H3,(H,12,15). The van der Waals surface area contributed by atoms with Gasteiger partial charge in [0.15, 0.2) is 5.16 Å². The van der Waals surface area contributed by atoms with Gasteiger partial charge in [-0.3, -0.25) is 4.57 Å². The van der Waals surface area contributed by atoms with Gasteiger partial charge in [0.05, 0.1) is 6.07 Å². The lowest BCUT2D eigenvalue weighted by Crippen LogP contribution is -2.17. The van der Waals surface area contributed by atoms with Crippen molar-refractivity contribution in [3.05, 3.63) is 10.5 Å². The molecular formula is C10H16N4OS. The van der Waals surface area contributed by atoms with Crippen LogP contribution in [0.15, 0.2) is 9.95 Å². The number of aromatic nitrogens is 3. The first-order valence-corrected chi connectivity index (χ1v) is 6.43. The number of aromatic amines is 1. The van der Waals surface area contributed by atoms with Crippen LogP contribution in [0.5, 0.6) is 0 Å². The zero-order valence-corrected chi connectivity index (χ0v) is 10.2. The second-order valence-corrected chi connectivity index (χ2v) is 4.49. The van der Waals surface area contributed by atoms with Crippen molar-refractivity contribution in [3.63, 3.8) is 0 Å². The van der Waals surface area contributed by atoms with E-state index in [4.69, 9.17) is 5.26 Å².